The van der Waals surface area contributed by atoms with Gasteiger partial charge in [-0.15, -0.1) is 0 Å². The van der Waals surface area contributed by atoms with Crippen molar-refractivity contribution in [1.82, 2.24) is 10.3 Å². The summed E-state index contributed by atoms with van der Waals surface area (Å²) in [5.74, 6) is 0.132. The molecule has 0 fully saturated rings. The summed E-state index contributed by atoms with van der Waals surface area (Å²) in [6, 6.07) is 11.7. The second-order valence-electron chi connectivity index (χ2n) is 4.87. The zero-order valence-corrected chi connectivity index (χ0v) is 12.1. The molecule has 0 radical (unpaired) electrons. The molecule has 5 heteroatoms. The van der Waals surface area contributed by atoms with Crippen molar-refractivity contribution in [2.75, 3.05) is 6.54 Å². The highest BCUT2D eigenvalue weighted by atomic mass is 16.4. The molecule has 0 aliphatic carbocycles. The molecule has 21 heavy (non-hydrogen) atoms. The number of hydrogen-bond acceptors (Lipinski definition) is 4. The number of hydrogen-bond donors (Lipinski definition) is 3. The van der Waals surface area contributed by atoms with Gasteiger partial charge in [0.1, 0.15) is 0 Å². The SMILES string of the molecule is Cc1cc(/C(N)=N/O)ccc1CNCCc1ccccn1. The molecule has 0 atom stereocenters. The molecular weight excluding hydrogens is 264 g/mol. The van der Waals surface area contributed by atoms with Gasteiger partial charge in [-0.25, -0.2) is 0 Å². The van der Waals surface area contributed by atoms with Crippen molar-refractivity contribution >= 4 is 5.84 Å². The van der Waals surface area contributed by atoms with Crippen molar-refractivity contribution in [3.8, 4) is 0 Å². The lowest BCUT2D eigenvalue weighted by atomic mass is 10.0. The Kier molecular flexibility index (Phi) is 5.29. The molecule has 0 saturated heterocycles. The van der Waals surface area contributed by atoms with Crippen LogP contribution in [0.15, 0.2) is 47.8 Å². The van der Waals surface area contributed by atoms with Gasteiger partial charge in [0.05, 0.1) is 0 Å². The summed E-state index contributed by atoms with van der Waals surface area (Å²) in [7, 11) is 0. The third kappa shape index (κ3) is 4.29. The van der Waals surface area contributed by atoms with Crippen LogP contribution in [0.4, 0.5) is 0 Å². The molecule has 0 amide bonds. The van der Waals surface area contributed by atoms with Crippen LogP contribution in [0.5, 0.6) is 0 Å². The fourth-order valence-electron chi connectivity index (χ4n) is 2.10. The lowest BCUT2D eigenvalue weighted by Crippen LogP contribution is -2.18. The van der Waals surface area contributed by atoms with Crippen LogP contribution in [0.2, 0.25) is 0 Å². The van der Waals surface area contributed by atoms with Crippen molar-refractivity contribution in [1.29, 1.82) is 0 Å². The van der Waals surface area contributed by atoms with E-state index < -0.39 is 0 Å². The van der Waals surface area contributed by atoms with Gasteiger partial charge in [-0.2, -0.15) is 0 Å². The molecule has 1 aromatic carbocycles. The van der Waals surface area contributed by atoms with Crippen molar-refractivity contribution in [3.05, 3.63) is 65.0 Å². The maximum absolute atomic E-state index is 8.67. The molecule has 0 aliphatic heterocycles. The first-order valence-corrected chi connectivity index (χ1v) is 6.89. The van der Waals surface area contributed by atoms with Gasteiger partial charge >= 0.3 is 0 Å². The van der Waals surface area contributed by atoms with Crippen molar-refractivity contribution in [2.24, 2.45) is 10.9 Å². The van der Waals surface area contributed by atoms with E-state index in [4.69, 9.17) is 10.9 Å². The Morgan fingerprint density at radius 1 is 1.33 bits per heavy atom. The summed E-state index contributed by atoms with van der Waals surface area (Å²) >= 11 is 0. The first-order chi connectivity index (χ1) is 10.2. The lowest BCUT2D eigenvalue weighted by Gasteiger charge is -2.09. The molecular formula is C16H20N4O. The van der Waals surface area contributed by atoms with Gasteiger partial charge < -0.3 is 16.3 Å². The van der Waals surface area contributed by atoms with Crippen LogP contribution in [0.3, 0.4) is 0 Å². The minimum Gasteiger partial charge on any atom is -0.409 e. The first-order valence-electron chi connectivity index (χ1n) is 6.89. The average Bonchev–Trinajstić information content (AvgIpc) is 2.53. The smallest absolute Gasteiger partial charge is 0.170 e. The van der Waals surface area contributed by atoms with E-state index in [-0.39, 0.29) is 5.84 Å². The number of nitrogens with two attached hydrogens (primary N) is 1. The third-order valence-corrected chi connectivity index (χ3v) is 3.35. The Morgan fingerprint density at radius 3 is 2.86 bits per heavy atom. The normalized spacial score (nSPS) is 11.6. The predicted octanol–water partition coefficient (Wildman–Crippen LogP) is 1.82. The molecule has 1 aromatic heterocycles. The number of nitrogens with zero attached hydrogens (tertiary/aromatic N) is 2. The maximum Gasteiger partial charge on any atom is 0.170 e. The monoisotopic (exact) mass is 284 g/mol. The number of aryl methyl sites for hydroxylation is 1. The average molecular weight is 284 g/mol. The molecule has 0 spiro atoms. The molecule has 0 saturated carbocycles. The Labute approximate surface area is 124 Å². The van der Waals surface area contributed by atoms with Crippen LogP contribution in [0, 0.1) is 6.92 Å². The molecule has 0 unspecified atom stereocenters. The molecule has 4 N–H and O–H groups in total. The number of oxime groups is 1. The standard InChI is InChI=1S/C16H20N4O/c1-12-10-13(16(17)20-21)5-6-14(12)11-18-9-7-15-4-2-3-8-19-15/h2-6,8,10,18,21H,7,9,11H2,1H3,(H2,17,20). The molecule has 2 aromatic rings. The van der Waals surface area contributed by atoms with Crippen LogP contribution in [0.25, 0.3) is 0 Å². The van der Waals surface area contributed by atoms with E-state index in [1.165, 1.54) is 5.56 Å². The fourth-order valence-corrected chi connectivity index (χ4v) is 2.10. The second kappa shape index (κ2) is 7.40. The van der Waals surface area contributed by atoms with Crippen molar-refractivity contribution < 1.29 is 5.21 Å². The summed E-state index contributed by atoms with van der Waals surface area (Å²) in [5.41, 5.74) is 9.71. The highest BCUT2D eigenvalue weighted by Crippen LogP contribution is 2.11. The van der Waals surface area contributed by atoms with Gasteiger partial charge in [-0.05, 0) is 36.2 Å². The van der Waals surface area contributed by atoms with Crippen LogP contribution in [-0.2, 0) is 13.0 Å². The number of nitrogens with one attached hydrogen (secondary N) is 1. The van der Waals surface area contributed by atoms with E-state index >= 15 is 0 Å². The largest absolute Gasteiger partial charge is 0.409 e. The van der Waals surface area contributed by atoms with E-state index in [1.54, 1.807) is 0 Å². The predicted molar refractivity (Wildman–Crippen MR) is 83.3 cm³/mol. The summed E-state index contributed by atoms with van der Waals surface area (Å²) in [4.78, 5) is 4.29. The van der Waals surface area contributed by atoms with Crippen LogP contribution in [-0.4, -0.2) is 22.6 Å². The first kappa shape index (κ1) is 15.0. The summed E-state index contributed by atoms with van der Waals surface area (Å²) < 4.78 is 0. The van der Waals surface area contributed by atoms with Gasteiger partial charge in [0.15, 0.2) is 5.84 Å². The minimum absolute atomic E-state index is 0.132. The zero-order valence-electron chi connectivity index (χ0n) is 12.1. The molecule has 0 bridgehead atoms. The lowest BCUT2D eigenvalue weighted by molar-refractivity contribution is 0.318. The third-order valence-electron chi connectivity index (χ3n) is 3.35. The number of rotatable bonds is 6. The number of aromatic nitrogens is 1. The molecule has 2 rings (SSSR count). The fraction of sp³-hybridized carbons (Fsp3) is 0.250. The molecule has 1 heterocycles. The van der Waals surface area contributed by atoms with Crippen molar-refractivity contribution in [2.45, 2.75) is 19.9 Å². The van der Waals surface area contributed by atoms with Crippen molar-refractivity contribution in [3.63, 3.8) is 0 Å². The highest BCUT2D eigenvalue weighted by molar-refractivity contribution is 5.97. The van der Waals surface area contributed by atoms with Crippen LogP contribution >= 0.6 is 0 Å². The highest BCUT2D eigenvalue weighted by Gasteiger charge is 2.03. The minimum atomic E-state index is 0.132. The van der Waals surface area contributed by atoms with Gasteiger partial charge in [-0.1, -0.05) is 23.4 Å². The molecule has 5 nitrogen and oxygen atoms in total. The zero-order chi connectivity index (χ0) is 15.1. The number of benzene rings is 1. The van der Waals surface area contributed by atoms with E-state index in [1.807, 2.05) is 49.5 Å². The maximum atomic E-state index is 8.67. The number of amidine groups is 1. The second-order valence-corrected chi connectivity index (χ2v) is 4.87. The summed E-state index contributed by atoms with van der Waals surface area (Å²) in [6.07, 6.45) is 2.72. The Hall–Kier alpha value is -2.40. The van der Waals surface area contributed by atoms with Gasteiger partial charge in [0, 0.05) is 37.0 Å². The van der Waals surface area contributed by atoms with Gasteiger partial charge in [0.25, 0.3) is 0 Å². The van der Waals surface area contributed by atoms with Gasteiger partial charge in [0.2, 0.25) is 0 Å². The summed E-state index contributed by atoms with van der Waals surface area (Å²) in [6.45, 7) is 3.68. The van der Waals surface area contributed by atoms with E-state index in [0.717, 1.165) is 36.3 Å². The topological polar surface area (TPSA) is 83.5 Å². The Bertz CT molecular complexity index is 611. The quantitative estimate of drug-likeness (QED) is 0.248. The summed E-state index contributed by atoms with van der Waals surface area (Å²) in [5, 5.41) is 15.1. The van der Waals surface area contributed by atoms with E-state index in [0.29, 0.717) is 0 Å². The Morgan fingerprint density at radius 2 is 2.19 bits per heavy atom. The Balaban J connectivity index is 1.86. The number of pyridine rings is 1. The van der Waals surface area contributed by atoms with Crippen LogP contribution in [0.1, 0.15) is 22.4 Å². The molecule has 110 valence electrons. The molecule has 0 aliphatic rings. The van der Waals surface area contributed by atoms with E-state index in [9.17, 15) is 0 Å². The van der Waals surface area contributed by atoms with Crippen LogP contribution < -0.4 is 11.1 Å². The van der Waals surface area contributed by atoms with Gasteiger partial charge in [-0.3, -0.25) is 4.98 Å². The van der Waals surface area contributed by atoms with E-state index in [2.05, 4.69) is 15.5 Å².